The Morgan fingerprint density at radius 3 is 2.47 bits per heavy atom. The molecular formula is C22H31N3O5. The van der Waals surface area contributed by atoms with Gasteiger partial charge in [0, 0.05) is 31.7 Å². The predicted molar refractivity (Wildman–Crippen MR) is 114 cm³/mol. The third-order valence-electron chi connectivity index (χ3n) is 6.10. The minimum Gasteiger partial charge on any atom is -0.452 e. The molecule has 0 N–H and O–H groups in total. The Morgan fingerprint density at radius 1 is 1.10 bits per heavy atom. The fraction of sp³-hybridized carbons (Fsp3) is 0.636. The molecule has 2 fully saturated rings. The van der Waals surface area contributed by atoms with E-state index in [4.69, 9.17) is 4.74 Å². The first-order valence-electron chi connectivity index (χ1n) is 11.0. The van der Waals surface area contributed by atoms with E-state index in [9.17, 15) is 19.7 Å². The second-order valence-electron chi connectivity index (χ2n) is 8.08. The van der Waals surface area contributed by atoms with Gasteiger partial charge in [-0.15, -0.1) is 0 Å². The highest BCUT2D eigenvalue weighted by molar-refractivity contribution is 5.93. The first kappa shape index (κ1) is 22.1. The number of ether oxygens (including phenoxy) is 1. The summed E-state index contributed by atoms with van der Waals surface area (Å²) in [6, 6.07) is 4.64. The van der Waals surface area contributed by atoms with Crippen molar-refractivity contribution in [3.63, 3.8) is 0 Å². The maximum atomic E-state index is 12.5. The number of likely N-dealkylation sites (tertiary alicyclic amines) is 1. The molecule has 1 atom stereocenters. The quantitative estimate of drug-likeness (QED) is 0.396. The lowest BCUT2D eigenvalue weighted by Crippen LogP contribution is -2.45. The Bertz CT molecular complexity index is 774. The third kappa shape index (κ3) is 5.29. The molecule has 0 saturated carbocycles. The van der Waals surface area contributed by atoms with Gasteiger partial charge in [-0.05, 0) is 50.7 Å². The van der Waals surface area contributed by atoms with Crippen LogP contribution in [-0.2, 0) is 9.53 Å². The number of rotatable bonds is 6. The van der Waals surface area contributed by atoms with Gasteiger partial charge in [0.25, 0.3) is 11.6 Å². The van der Waals surface area contributed by atoms with Gasteiger partial charge in [-0.1, -0.05) is 19.8 Å². The van der Waals surface area contributed by atoms with Crippen LogP contribution in [0.4, 0.5) is 11.4 Å². The van der Waals surface area contributed by atoms with Crippen molar-refractivity contribution in [2.24, 2.45) is 0 Å². The number of anilines is 1. The van der Waals surface area contributed by atoms with E-state index in [1.165, 1.54) is 6.07 Å². The summed E-state index contributed by atoms with van der Waals surface area (Å²) in [6.07, 6.45) is 8.16. The van der Waals surface area contributed by atoms with Crippen LogP contribution in [0.2, 0.25) is 0 Å². The van der Waals surface area contributed by atoms with Crippen molar-refractivity contribution >= 4 is 23.3 Å². The topological polar surface area (TPSA) is 93.0 Å². The normalized spacial score (nSPS) is 19.8. The van der Waals surface area contributed by atoms with Crippen molar-refractivity contribution in [1.82, 2.24) is 4.90 Å². The molecule has 0 spiro atoms. The molecule has 0 radical (unpaired) electrons. The average Bonchev–Trinajstić information content (AvgIpc) is 3.06. The number of nitrogens with zero attached hydrogens (tertiary/aromatic N) is 3. The van der Waals surface area contributed by atoms with Gasteiger partial charge in [0.2, 0.25) is 0 Å². The lowest BCUT2D eigenvalue weighted by Gasteiger charge is -2.35. The summed E-state index contributed by atoms with van der Waals surface area (Å²) in [7, 11) is 0. The molecule has 164 valence electrons. The third-order valence-corrected chi connectivity index (χ3v) is 6.10. The van der Waals surface area contributed by atoms with Crippen molar-refractivity contribution in [1.29, 1.82) is 0 Å². The van der Waals surface area contributed by atoms with Gasteiger partial charge in [-0.25, -0.2) is 4.79 Å². The number of benzene rings is 1. The highest BCUT2D eigenvalue weighted by Crippen LogP contribution is 2.31. The number of nitro benzene ring substituents is 1. The van der Waals surface area contributed by atoms with E-state index in [1.807, 2.05) is 11.8 Å². The highest BCUT2D eigenvalue weighted by atomic mass is 16.6. The molecule has 1 aromatic carbocycles. The van der Waals surface area contributed by atoms with Crippen LogP contribution in [0.25, 0.3) is 0 Å². The largest absolute Gasteiger partial charge is 0.452 e. The van der Waals surface area contributed by atoms with Crippen molar-refractivity contribution in [2.75, 3.05) is 31.1 Å². The molecule has 0 unspecified atom stereocenters. The molecule has 0 aliphatic carbocycles. The Balaban J connectivity index is 1.67. The second kappa shape index (κ2) is 10.4. The van der Waals surface area contributed by atoms with Gasteiger partial charge >= 0.3 is 5.97 Å². The lowest BCUT2D eigenvalue weighted by molar-refractivity contribution is -0.384. The summed E-state index contributed by atoms with van der Waals surface area (Å²) in [5, 5.41) is 11.6. The van der Waals surface area contributed by atoms with Gasteiger partial charge < -0.3 is 14.5 Å². The van der Waals surface area contributed by atoms with E-state index in [-0.39, 0.29) is 29.8 Å². The molecule has 3 rings (SSSR count). The van der Waals surface area contributed by atoms with Crippen molar-refractivity contribution < 1.29 is 19.2 Å². The Labute approximate surface area is 177 Å². The van der Waals surface area contributed by atoms with Crippen molar-refractivity contribution in [3.05, 3.63) is 33.9 Å². The van der Waals surface area contributed by atoms with E-state index in [1.54, 1.807) is 17.0 Å². The zero-order chi connectivity index (χ0) is 21.5. The van der Waals surface area contributed by atoms with Gasteiger partial charge in [-0.3, -0.25) is 14.9 Å². The van der Waals surface area contributed by atoms with Gasteiger partial charge in [-0.2, -0.15) is 0 Å². The van der Waals surface area contributed by atoms with Gasteiger partial charge in [0.15, 0.2) is 6.61 Å². The SMILES string of the molecule is CC[C@H]1CCCCN1C(=O)COC(=O)c1ccc(N2CCCCCC2)c([N+](=O)[O-])c1. The highest BCUT2D eigenvalue weighted by Gasteiger charge is 2.27. The number of amides is 1. The Hall–Kier alpha value is -2.64. The van der Waals surface area contributed by atoms with Crippen LogP contribution in [0.3, 0.4) is 0 Å². The molecule has 0 bridgehead atoms. The molecule has 2 heterocycles. The molecule has 0 aromatic heterocycles. The Morgan fingerprint density at radius 2 is 1.80 bits per heavy atom. The number of piperidine rings is 1. The second-order valence-corrected chi connectivity index (χ2v) is 8.08. The van der Waals surface area contributed by atoms with E-state index in [0.717, 1.165) is 64.5 Å². The molecule has 2 aliphatic heterocycles. The standard InChI is InChI=1S/C22H31N3O5/c1-2-18-9-5-8-14-24(18)21(26)16-30-22(27)17-10-11-19(20(15-17)25(28)29)23-12-6-3-4-7-13-23/h10-11,15,18H,2-9,12-14,16H2,1H3/t18-/m0/s1. The number of hydrogen-bond acceptors (Lipinski definition) is 6. The maximum Gasteiger partial charge on any atom is 0.338 e. The van der Waals surface area contributed by atoms with Crippen LogP contribution in [0.1, 0.15) is 68.6 Å². The fourth-order valence-corrected chi connectivity index (χ4v) is 4.42. The zero-order valence-corrected chi connectivity index (χ0v) is 17.7. The van der Waals surface area contributed by atoms with Crippen molar-refractivity contribution in [2.45, 2.75) is 64.3 Å². The minimum absolute atomic E-state index is 0.0961. The summed E-state index contributed by atoms with van der Waals surface area (Å²) in [5.74, 6) is -0.912. The number of carbonyl (C=O) groups excluding carboxylic acids is 2. The van der Waals surface area contributed by atoms with Crippen LogP contribution >= 0.6 is 0 Å². The summed E-state index contributed by atoms with van der Waals surface area (Å²) < 4.78 is 5.21. The van der Waals surface area contributed by atoms with E-state index in [2.05, 4.69) is 0 Å². The molecule has 8 heteroatoms. The average molecular weight is 418 g/mol. The van der Waals surface area contributed by atoms with E-state index in [0.29, 0.717) is 12.2 Å². The maximum absolute atomic E-state index is 12.5. The number of hydrogen-bond donors (Lipinski definition) is 0. The lowest BCUT2D eigenvalue weighted by atomic mass is 10.00. The minimum atomic E-state index is -0.709. The number of esters is 1. The van der Waals surface area contributed by atoms with Crippen LogP contribution in [0, 0.1) is 10.1 Å². The first-order chi connectivity index (χ1) is 14.5. The predicted octanol–water partition coefficient (Wildman–Crippen LogP) is 3.92. The summed E-state index contributed by atoms with van der Waals surface area (Å²) in [5.41, 5.74) is 0.534. The molecule has 2 aliphatic rings. The monoisotopic (exact) mass is 417 g/mol. The summed E-state index contributed by atoms with van der Waals surface area (Å²) in [6.45, 7) is 3.94. The van der Waals surface area contributed by atoms with Gasteiger partial charge in [0.05, 0.1) is 10.5 Å². The van der Waals surface area contributed by atoms with E-state index < -0.39 is 10.9 Å². The van der Waals surface area contributed by atoms with E-state index >= 15 is 0 Å². The number of nitro groups is 1. The molecule has 1 aromatic rings. The zero-order valence-electron chi connectivity index (χ0n) is 17.7. The van der Waals surface area contributed by atoms with Crippen LogP contribution in [0.5, 0.6) is 0 Å². The molecule has 8 nitrogen and oxygen atoms in total. The summed E-state index contributed by atoms with van der Waals surface area (Å²) >= 11 is 0. The van der Waals surface area contributed by atoms with Crippen LogP contribution in [0.15, 0.2) is 18.2 Å². The molecule has 1 amide bonds. The summed E-state index contributed by atoms with van der Waals surface area (Å²) in [4.78, 5) is 40.0. The molecule has 30 heavy (non-hydrogen) atoms. The van der Waals surface area contributed by atoms with Crippen LogP contribution < -0.4 is 4.90 Å². The smallest absolute Gasteiger partial charge is 0.338 e. The van der Waals surface area contributed by atoms with Crippen LogP contribution in [-0.4, -0.2) is 54.0 Å². The van der Waals surface area contributed by atoms with Gasteiger partial charge in [0.1, 0.15) is 5.69 Å². The fourth-order valence-electron chi connectivity index (χ4n) is 4.42. The first-order valence-corrected chi connectivity index (χ1v) is 11.0. The number of carbonyl (C=O) groups is 2. The van der Waals surface area contributed by atoms with Crippen molar-refractivity contribution in [3.8, 4) is 0 Å². The Kier molecular flexibility index (Phi) is 7.65. The molecule has 2 saturated heterocycles. The molecular weight excluding hydrogens is 386 g/mol.